The summed E-state index contributed by atoms with van der Waals surface area (Å²) in [6.45, 7) is 0.415. The zero-order valence-electron chi connectivity index (χ0n) is 15.1. The van der Waals surface area contributed by atoms with Gasteiger partial charge in [-0.15, -0.1) is 0 Å². The molecule has 1 saturated carbocycles. The number of halogens is 2. The molecule has 1 aliphatic carbocycles. The van der Waals surface area contributed by atoms with Crippen molar-refractivity contribution in [3.05, 3.63) is 71.3 Å². The first kappa shape index (κ1) is 19.3. The lowest BCUT2D eigenvalue weighted by molar-refractivity contribution is 0.00952. The van der Waals surface area contributed by atoms with Crippen LogP contribution in [0, 0.1) is 11.6 Å². The standard InChI is InChI=1S/C21H24F2N2O2/c22-19-7-4-8-20(23)18(19)14-27-17-11-9-16(10-12-17)25-21(26)24-13-15-5-2-1-3-6-15/h1-8,16-17H,9-14H2,(H2,24,25,26)/t16-,17-. The highest BCUT2D eigenvalue weighted by Crippen LogP contribution is 2.23. The summed E-state index contributed by atoms with van der Waals surface area (Å²) in [4.78, 5) is 12.0. The summed E-state index contributed by atoms with van der Waals surface area (Å²) in [7, 11) is 0. The molecule has 2 N–H and O–H groups in total. The average Bonchev–Trinajstić information content (AvgIpc) is 2.68. The number of rotatable bonds is 6. The number of benzene rings is 2. The molecule has 27 heavy (non-hydrogen) atoms. The molecule has 3 rings (SSSR count). The number of hydrogen-bond donors (Lipinski definition) is 2. The van der Waals surface area contributed by atoms with Gasteiger partial charge in [-0.25, -0.2) is 13.6 Å². The smallest absolute Gasteiger partial charge is 0.315 e. The summed E-state index contributed by atoms with van der Waals surface area (Å²) in [6.07, 6.45) is 3.01. The van der Waals surface area contributed by atoms with Gasteiger partial charge in [0.2, 0.25) is 0 Å². The number of nitrogens with one attached hydrogen (secondary N) is 2. The fourth-order valence-electron chi connectivity index (χ4n) is 3.26. The molecule has 0 aromatic heterocycles. The van der Waals surface area contributed by atoms with Gasteiger partial charge in [-0.05, 0) is 43.4 Å². The highest BCUT2D eigenvalue weighted by Gasteiger charge is 2.23. The minimum Gasteiger partial charge on any atom is -0.373 e. The Morgan fingerprint density at radius 1 is 0.963 bits per heavy atom. The van der Waals surface area contributed by atoms with Crippen molar-refractivity contribution in [1.29, 1.82) is 0 Å². The van der Waals surface area contributed by atoms with Crippen LogP contribution in [-0.2, 0) is 17.9 Å². The van der Waals surface area contributed by atoms with Crippen LogP contribution in [0.1, 0.15) is 36.8 Å². The molecule has 4 nitrogen and oxygen atoms in total. The molecule has 0 heterocycles. The van der Waals surface area contributed by atoms with Gasteiger partial charge in [0.25, 0.3) is 0 Å². The van der Waals surface area contributed by atoms with Crippen LogP contribution in [0.25, 0.3) is 0 Å². The Kier molecular flexibility index (Phi) is 6.76. The van der Waals surface area contributed by atoms with E-state index in [1.54, 1.807) is 0 Å². The van der Waals surface area contributed by atoms with Crippen LogP contribution in [0.3, 0.4) is 0 Å². The Labute approximate surface area is 157 Å². The van der Waals surface area contributed by atoms with Crippen LogP contribution in [0.15, 0.2) is 48.5 Å². The van der Waals surface area contributed by atoms with Gasteiger partial charge < -0.3 is 15.4 Å². The maximum atomic E-state index is 13.6. The van der Waals surface area contributed by atoms with Crippen molar-refractivity contribution >= 4 is 6.03 Å². The number of amides is 2. The van der Waals surface area contributed by atoms with Crippen molar-refractivity contribution < 1.29 is 18.3 Å². The monoisotopic (exact) mass is 374 g/mol. The molecular weight excluding hydrogens is 350 g/mol. The van der Waals surface area contributed by atoms with Crippen LogP contribution in [0.2, 0.25) is 0 Å². The minimum absolute atomic E-state index is 0.0296. The molecule has 0 bridgehead atoms. The Morgan fingerprint density at radius 2 is 1.63 bits per heavy atom. The molecule has 2 aromatic rings. The van der Waals surface area contributed by atoms with E-state index in [0.29, 0.717) is 6.54 Å². The molecule has 0 aliphatic heterocycles. The summed E-state index contributed by atoms with van der Waals surface area (Å²) in [6, 6.07) is 13.4. The number of carbonyl (C=O) groups excluding carboxylic acids is 1. The van der Waals surface area contributed by atoms with E-state index in [0.717, 1.165) is 31.2 Å². The molecule has 2 aromatic carbocycles. The van der Waals surface area contributed by atoms with Gasteiger partial charge in [-0.2, -0.15) is 0 Å². The summed E-state index contributed by atoms with van der Waals surface area (Å²) in [5.41, 5.74) is 1.02. The van der Waals surface area contributed by atoms with Crippen LogP contribution < -0.4 is 10.6 Å². The normalized spacial score (nSPS) is 19.5. The first-order chi connectivity index (χ1) is 13.1. The molecule has 144 valence electrons. The van der Waals surface area contributed by atoms with Crippen molar-refractivity contribution in [2.24, 2.45) is 0 Å². The number of hydrogen-bond acceptors (Lipinski definition) is 2. The van der Waals surface area contributed by atoms with E-state index in [2.05, 4.69) is 10.6 Å². The van der Waals surface area contributed by atoms with Gasteiger partial charge in [-0.1, -0.05) is 36.4 Å². The molecule has 1 aliphatic rings. The van der Waals surface area contributed by atoms with E-state index in [-0.39, 0.29) is 30.3 Å². The molecule has 0 saturated heterocycles. The molecule has 2 amide bonds. The molecular formula is C21H24F2N2O2. The second-order valence-electron chi connectivity index (χ2n) is 6.80. The fourth-order valence-corrected chi connectivity index (χ4v) is 3.26. The quantitative estimate of drug-likeness (QED) is 0.792. The molecule has 6 heteroatoms. The first-order valence-corrected chi connectivity index (χ1v) is 9.24. The average molecular weight is 374 g/mol. The fraction of sp³-hybridized carbons (Fsp3) is 0.381. The molecule has 0 unspecified atom stereocenters. The Bertz CT molecular complexity index is 727. The lowest BCUT2D eigenvalue weighted by atomic mass is 9.93. The largest absolute Gasteiger partial charge is 0.373 e. The van der Waals surface area contributed by atoms with Gasteiger partial charge in [0.15, 0.2) is 0 Å². The maximum absolute atomic E-state index is 13.6. The van der Waals surface area contributed by atoms with E-state index >= 15 is 0 Å². The first-order valence-electron chi connectivity index (χ1n) is 9.24. The molecule has 0 radical (unpaired) electrons. The minimum atomic E-state index is -0.583. The van der Waals surface area contributed by atoms with E-state index in [1.165, 1.54) is 18.2 Å². The van der Waals surface area contributed by atoms with Crippen LogP contribution in [-0.4, -0.2) is 18.2 Å². The zero-order chi connectivity index (χ0) is 19.1. The Balaban J connectivity index is 1.37. The van der Waals surface area contributed by atoms with E-state index in [1.807, 2.05) is 30.3 Å². The van der Waals surface area contributed by atoms with Gasteiger partial charge in [0.1, 0.15) is 11.6 Å². The third-order valence-corrected chi connectivity index (χ3v) is 4.83. The van der Waals surface area contributed by atoms with Crippen molar-refractivity contribution in [3.63, 3.8) is 0 Å². The zero-order valence-corrected chi connectivity index (χ0v) is 15.1. The van der Waals surface area contributed by atoms with Crippen molar-refractivity contribution in [3.8, 4) is 0 Å². The molecule has 1 fully saturated rings. The lowest BCUT2D eigenvalue weighted by Gasteiger charge is -2.29. The van der Waals surface area contributed by atoms with Crippen molar-refractivity contribution in [1.82, 2.24) is 10.6 Å². The second-order valence-corrected chi connectivity index (χ2v) is 6.80. The maximum Gasteiger partial charge on any atom is 0.315 e. The van der Waals surface area contributed by atoms with Gasteiger partial charge in [0, 0.05) is 18.2 Å². The molecule has 0 atom stereocenters. The van der Waals surface area contributed by atoms with Crippen LogP contribution >= 0.6 is 0 Å². The Morgan fingerprint density at radius 3 is 2.30 bits per heavy atom. The van der Waals surface area contributed by atoms with E-state index in [4.69, 9.17) is 4.74 Å². The summed E-state index contributed by atoms with van der Waals surface area (Å²) in [5.74, 6) is -1.17. The highest BCUT2D eigenvalue weighted by atomic mass is 19.1. The third kappa shape index (κ3) is 5.76. The van der Waals surface area contributed by atoms with Crippen molar-refractivity contribution in [2.75, 3.05) is 0 Å². The topological polar surface area (TPSA) is 50.4 Å². The number of urea groups is 1. The van der Waals surface area contributed by atoms with Crippen molar-refractivity contribution in [2.45, 2.75) is 51.0 Å². The van der Waals surface area contributed by atoms with E-state index in [9.17, 15) is 13.6 Å². The van der Waals surface area contributed by atoms with Crippen LogP contribution in [0.5, 0.6) is 0 Å². The van der Waals surface area contributed by atoms with Crippen LogP contribution in [0.4, 0.5) is 13.6 Å². The second kappa shape index (κ2) is 9.46. The highest BCUT2D eigenvalue weighted by molar-refractivity contribution is 5.74. The third-order valence-electron chi connectivity index (χ3n) is 4.83. The van der Waals surface area contributed by atoms with Gasteiger partial charge in [-0.3, -0.25) is 0 Å². The Hall–Kier alpha value is -2.47. The van der Waals surface area contributed by atoms with E-state index < -0.39 is 11.6 Å². The predicted octanol–water partition coefficient (Wildman–Crippen LogP) is 4.29. The summed E-state index contributed by atoms with van der Waals surface area (Å²) >= 11 is 0. The van der Waals surface area contributed by atoms with Gasteiger partial charge in [0.05, 0.1) is 12.7 Å². The summed E-state index contributed by atoms with van der Waals surface area (Å²) < 4.78 is 32.9. The number of ether oxygens (including phenoxy) is 1. The SMILES string of the molecule is O=C(NCc1ccccc1)N[C@H]1CC[C@H](OCc2c(F)cccc2F)CC1. The molecule has 0 spiro atoms. The van der Waals surface area contributed by atoms with Gasteiger partial charge >= 0.3 is 6.03 Å². The predicted molar refractivity (Wildman–Crippen MR) is 99.0 cm³/mol. The number of carbonyl (C=O) groups is 1. The lowest BCUT2D eigenvalue weighted by Crippen LogP contribution is -2.44. The summed E-state index contributed by atoms with van der Waals surface area (Å²) in [5, 5.41) is 5.83.